The van der Waals surface area contributed by atoms with Gasteiger partial charge in [-0.15, -0.1) is 0 Å². The average molecular weight is 184 g/mol. The topological polar surface area (TPSA) is 46.3 Å². The van der Waals surface area contributed by atoms with E-state index in [-0.39, 0.29) is 11.8 Å². The summed E-state index contributed by atoms with van der Waals surface area (Å²) in [6.45, 7) is 2.14. The van der Waals surface area contributed by atoms with E-state index in [9.17, 15) is 4.79 Å². The fourth-order valence-electron chi connectivity index (χ4n) is 2.01. The van der Waals surface area contributed by atoms with Crippen molar-refractivity contribution in [3.05, 3.63) is 0 Å². The lowest BCUT2D eigenvalue weighted by atomic mass is 9.79. The number of amides is 1. The van der Waals surface area contributed by atoms with E-state index in [2.05, 4.69) is 6.92 Å². The molecule has 1 fully saturated rings. The van der Waals surface area contributed by atoms with E-state index in [0.717, 1.165) is 19.3 Å². The Labute approximate surface area is 80.3 Å². The molecule has 2 N–H and O–H groups in total. The number of hydrogen-bond acceptors (Lipinski definition) is 2. The smallest absolute Gasteiger partial charge is 0.225 e. The number of nitrogens with zero attached hydrogens (tertiary/aromatic N) is 1. The average Bonchev–Trinajstić information content (AvgIpc) is 2.08. The Morgan fingerprint density at radius 2 is 2.00 bits per heavy atom. The van der Waals surface area contributed by atoms with Crippen LogP contribution in [0, 0.1) is 11.8 Å². The van der Waals surface area contributed by atoms with Crippen molar-refractivity contribution < 1.29 is 4.79 Å². The molecule has 13 heavy (non-hydrogen) atoms. The first-order valence-electron chi connectivity index (χ1n) is 4.99. The maximum Gasteiger partial charge on any atom is 0.225 e. The van der Waals surface area contributed by atoms with E-state index in [1.165, 1.54) is 0 Å². The molecule has 1 aliphatic carbocycles. The van der Waals surface area contributed by atoms with Crippen molar-refractivity contribution in [3.8, 4) is 0 Å². The number of carbonyl (C=O) groups is 1. The van der Waals surface area contributed by atoms with Crippen LogP contribution >= 0.6 is 0 Å². The zero-order valence-corrected chi connectivity index (χ0v) is 8.79. The van der Waals surface area contributed by atoms with Gasteiger partial charge < -0.3 is 10.6 Å². The van der Waals surface area contributed by atoms with Gasteiger partial charge in [-0.25, -0.2) is 0 Å². The van der Waals surface area contributed by atoms with Crippen LogP contribution in [0.3, 0.4) is 0 Å². The number of hydrogen-bond donors (Lipinski definition) is 1. The van der Waals surface area contributed by atoms with Crippen LogP contribution in [0.4, 0.5) is 0 Å². The molecule has 0 bridgehead atoms. The van der Waals surface area contributed by atoms with Crippen molar-refractivity contribution in [3.63, 3.8) is 0 Å². The second-order valence-electron chi connectivity index (χ2n) is 4.38. The van der Waals surface area contributed by atoms with Gasteiger partial charge in [-0.1, -0.05) is 6.92 Å². The maximum absolute atomic E-state index is 11.6. The minimum atomic E-state index is 0.213. The molecule has 0 heterocycles. The summed E-state index contributed by atoms with van der Waals surface area (Å²) < 4.78 is 0. The quantitative estimate of drug-likeness (QED) is 0.656. The third kappa shape index (κ3) is 2.44. The first kappa shape index (κ1) is 10.5. The van der Waals surface area contributed by atoms with Crippen LogP contribution in [0.1, 0.15) is 26.2 Å². The summed E-state index contributed by atoms with van der Waals surface area (Å²) in [6.07, 6.45) is 2.91. The van der Waals surface area contributed by atoms with Gasteiger partial charge in [0.25, 0.3) is 0 Å². The molecule has 3 unspecified atom stereocenters. The van der Waals surface area contributed by atoms with Crippen LogP contribution in [-0.4, -0.2) is 30.9 Å². The highest BCUT2D eigenvalue weighted by molar-refractivity contribution is 5.78. The molecule has 3 atom stereocenters. The van der Waals surface area contributed by atoms with Crippen LogP contribution in [0.2, 0.25) is 0 Å². The van der Waals surface area contributed by atoms with E-state index in [1.54, 1.807) is 4.90 Å². The normalized spacial score (nSPS) is 34.3. The molecule has 3 nitrogen and oxygen atoms in total. The highest BCUT2D eigenvalue weighted by Gasteiger charge is 2.29. The molecule has 76 valence electrons. The number of rotatable bonds is 1. The third-order valence-electron chi connectivity index (χ3n) is 3.03. The molecule has 0 aromatic carbocycles. The summed E-state index contributed by atoms with van der Waals surface area (Å²) in [6, 6.07) is 0.297. The van der Waals surface area contributed by atoms with Crippen molar-refractivity contribution >= 4 is 5.91 Å². The Morgan fingerprint density at radius 3 is 2.46 bits per heavy atom. The number of nitrogens with two attached hydrogens (primary N) is 1. The predicted molar refractivity (Wildman–Crippen MR) is 53.2 cm³/mol. The molecular weight excluding hydrogens is 164 g/mol. The first-order chi connectivity index (χ1) is 6.02. The minimum Gasteiger partial charge on any atom is -0.349 e. The maximum atomic E-state index is 11.6. The monoisotopic (exact) mass is 184 g/mol. The molecule has 0 aromatic rings. The molecule has 0 radical (unpaired) electrons. The van der Waals surface area contributed by atoms with Gasteiger partial charge in [0.2, 0.25) is 5.91 Å². The van der Waals surface area contributed by atoms with E-state index < -0.39 is 0 Å². The summed E-state index contributed by atoms with van der Waals surface area (Å²) in [5, 5.41) is 0. The molecule has 0 spiro atoms. The zero-order chi connectivity index (χ0) is 10.0. The van der Waals surface area contributed by atoms with Crippen molar-refractivity contribution in [2.24, 2.45) is 17.6 Å². The van der Waals surface area contributed by atoms with Gasteiger partial charge in [0.15, 0.2) is 0 Å². The van der Waals surface area contributed by atoms with E-state index in [1.807, 2.05) is 14.1 Å². The van der Waals surface area contributed by atoms with Crippen LogP contribution < -0.4 is 5.73 Å². The summed E-state index contributed by atoms with van der Waals surface area (Å²) in [5.74, 6) is 0.964. The van der Waals surface area contributed by atoms with E-state index in [4.69, 9.17) is 5.73 Å². The Kier molecular flexibility index (Phi) is 3.31. The Hall–Kier alpha value is -0.570. The summed E-state index contributed by atoms with van der Waals surface area (Å²) in [5.41, 5.74) is 5.89. The number of carbonyl (C=O) groups excluding carboxylic acids is 1. The van der Waals surface area contributed by atoms with Crippen LogP contribution in [0.15, 0.2) is 0 Å². The molecule has 1 rings (SSSR count). The first-order valence-corrected chi connectivity index (χ1v) is 4.99. The lowest BCUT2D eigenvalue weighted by Crippen LogP contribution is -2.40. The molecule has 0 aliphatic heterocycles. The molecular formula is C10H20N2O. The van der Waals surface area contributed by atoms with Crippen LogP contribution in [-0.2, 0) is 4.79 Å². The van der Waals surface area contributed by atoms with Crippen LogP contribution in [0.5, 0.6) is 0 Å². The fourth-order valence-corrected chi connectivity index (χ4v) is 2.01. The van der Waals surface area contributed by atoms with Gasteiger partial charge in [-0.2, -0.15) is 0 Å². The standard InChI is InChI=1S/C10H20N2O/c1-7-6-8(4-5-9(7)11)10(13)12(2)3/h7-9H,4-6,11H2,1-3H3. The highest BCUT2D eigenvalue weighted by atomic mass is 16.2. The lowest BCUT2D eigenvalue weighted by molar-refractivity contribution is -0.134. The Morgan fingerprint density at radius 1 is 1.38 bits per heavy atom. The molecule has 0 saturated heterocycles. The van der Waals surface area contributed by atoms with Gasteiger partial charge in [0.05, 0.1) is 0 Å². The van der Waals surface area contributed by atoms with Gasteiger partial charge in [0, 0.05) is 26.1 Å². The Balaban J connectivity index is 2.50. The van der Waals surface area contributed by atoms with Crippen LogP contribution in [0.25, 0.3) is 0 Å². The lowest BCUT2D eigenvalue weighted by Gasteiger charge is -2.32. The van der Waals surface area contributed by atoms with Crippen molar-refractivity contribution in [1.82, 2.24) is 4.90 Å². The fraction of sp³-hybridized carbons (Fsp3) is 0.900. The second-order valence-corrected chi connectivity index (χ2v) is 4.38. The van der Waals surface area contributed by atoms with E-state index >= 15 is 0 Å². The Bertz CT molecular complexity index is 191. The summed E-state index contributed by atoms with van der Waals surface area (Å²) in [4.78, 5) is 13.3. The van der Waals surface area contributed by atoms with Gasteiger partial charge in [0.1, 0.15) is 0 Å². The zero-order valence-electron chi connectivity index (χ0n) is 8.79. The van der Waals surface area contributed by atoms with Crippen molar-refractivity contribution in [2.45, 2.75) is 32.2 Å². The summed E-state index contributed by atoms with van der Waals surface area (Å²) >= 11 is 0. The molecule has 3 heteroatoms. The molecule has 1 aliphatic rings. The van der Waals surface area contributed by atoms with Gasteiger partial charge in [-0.3, -0.25) is 4.79 Å². The van der Waals surface area contributed by atoms with E-state index in [0.29, 0.717) is 12.0 Å². The minimum absolute atomic E-state index is 0.213. The molecule has 1 amide bonds. The second kappa shape index (κ2) is 4.09. The van der Waals surface area contributed by atoms with Crippen molar-refractivity contribution in [1.29, 1.82) is 0 Å². The van der Waals surface area contributed by atoms with Crippen molar-refractivity contribution in [2.75, 3.05) is 14.1 Å². The predicted octanol–water partition coefficient (Wildman–Crippen LogP) is 0.838. The molecule has 1 saturated carbocycles. The third-order valence-corrected chi connectivity index (χ3v) is 3.03. The van der Waals surface area contributed by atoms with Gasteiger partial charge in [-0.05, 0) is 25.2 Å². The molecule has 0 aromatic heterocycles. The SMILES string of the molecule is CC1CC(C(=O)N(C)C)CCC1N. The largest absolute Gasteiger partial charge is 0.349 e. The van der Waals surface area contributed by atoms with Gasteiger partial charge >= 0.3 is 0 Å². The summed E-state index contributed by atoms with van der Waals surface area (Å²) in [7, 11) is 3.64. The highest BCUT2D eigenvalue weighted by Crippen LogP contribution is 2.28.